The first-order valence-electron chi connectivity index (χ1n) is 18.2. The van der Waals surface area contributed by atoms with E-state index in [0.717, 1.165) is 49.8 Å². The van der Waals surface area contributed by atoms with Crippen LogP contribution in [0.4, 0.5) is 24.8 Å². The summed E-state index contributed by atoms with van der Waals surface area (Å²) in [6, 6.07) is 7.68. The summed E-state index contributed by atoms with van der Waals surface area (Å²) in [5.41, 5.74) is 7.84. The lowest BCUT2D eigenvalue weighted by Gasteiger charge is -2.36. The average molecular weight is 738 g/mol. The van der Waals surface area contributed by atoms with Gasteiger partial charge in [0.15, 0.2) is 12.6 Å². The number of terminal acetylenes is 1. The maximum atomic E-state index is 17.5. The van der Waals surface area contributed by atoms with Crippen molar-refractivity contribution < 1.29 is 32.1 Å². The quantitative estimate of drug-likeness (QED) is 0.143. The molecule has 9 rings (SSSR count). The zero-order valence-electron chi connectivity index (χ0n) is 29.7. The first kappa shape index (κ1) is 34.4. The zero-order valence-corrected chi connectivity index (χ0v) is 29.7. The molecule has 3 aliphatic heterocycles. The fraction of sp³-hybridized carbons (Fsp3) is 0.400. The topological polar surface area (TPSA) is 121 Å². The van der Waals surface area contributed by atoms with Gasteiger partial charge in [0.1, 0.15) is 59.2 Å². The number of hydrogen-bond donors (Lipinski definition) is 1. The highest BCUT2D eigenvalue weighted by molar-refractivity contribution is 6.04. The molecule has 54 heavy (non-hydrogen) atoms. The number of anilines is 2. The van der Waals surface area contributed by atoms with Crippen LogP contribution in [0.15, 0.2) is 36.5 Å². The molecule has 2 saturated heterocycles. The van der Waals surface area contributed by atoms with Crippen LogP contribution in [0.1, 0.15) is 54.8 Å². The van der Waals surface area contributed by atoms with Gasteiger partial charge in [0.25, 0.3) is 0 Å². The molecule has 4 aliphatic rings. The molecule has 2 fully saturated rings. The van der Waals surface area contributed by atoms with Crippen LogP contribution in [0.3, 0.4) is 0 Å². The number of methoxy groups -OCH3 is 1. The normalized spacial score (nSPS) is 22.1. The van der Waals surface area contributed by atoms with E-state index in [4.69, 9.17) is 41.1 Å². The van der Waals surface area contributed by atoms with E-state index in [1.807, 2.05) is 6.07 Å². The number of ether oxygens (including phenoxy) is 4. The highest BCUT2D eigenvalue weighted by Gasteiger charge is 2.49. The number of hydrogen-bond acceptors (Lipinski definition) is 11. The van der Waals surface area contributed by atoms with Crippen LogP contribution >= 0.6 is 0 Å². The number of aryl methyl sites for hydroxylation is 1. The smallest absolute Gasteiger partial charge is 0.319 e. The van der Waals surface area contributed by atoms with Gasteiger partial charge in [-0.2, -0.15) is 9.97 Å². The van der Waals surface area contributed by atoms with Crippen molar-refractivity contribution in [1.82, 2.24) is 24.8 Å². The van der Waals surface area contributed by atoms with E-state index in [1.54, 1.807) is 24.4 Å². The Bertz CT molecular complexity index is 2360. The third kappa shape index (κ3) is 5.60. The van der Waals surface area contributed by atoms with Gasteiger partial charge in [0, 0.05) is 42.8 Å². The van der Waals surface area contributed by atoms with Crippen molar-refractivity contribution in [3.8, 4) is 41.2 Å². The largest absolute Gasteiger partial charge is 0.475 e. The van der Waals surface area contributed by atoms with Crippen molar-refractivity contribution in [2.24, 2.45) is 0 Å². The van der Waals surface area contributed by atoms with Crippen molar-refractivity contribution in [2.75, 3.05) is 57.4 Å². The number of benzene rings is 2. The summed E-state index contributed by atoms with van der Waals surface area (Å²) in [5.74, 6) is 2.18. The molecule has 2 N–H and O–H groups in total. The second kappa shape index (κ2) is 13.5. The second-order valence-electron chi connectivity index (χ2n) is 14.4. The van der Waals surface area contributed by atoms with Crippen molar-refractivity contribution >= 4 is 33.3 Å². The maximum absolute atomic E-state index is 17.5. The summed E-state index contributed by atoms with van der Waals surface area (Å²) >= 11 is 0. The van der Waals surface area contributed by atoms with Crippen LogP contribution in [0.5, 0.6) is 17.6 Å². The van der Waals surface area contributed by atoms with Gasteiger partial charge < -0.3 is 29.6 Å². The van der Waals surface area contributed by atoms with Crippen LogP contribution in [0, 0.1) is 24.0 Å². The Balaban J connectivity index is 1.26. The molecule has 2 aromatic carbocycles. The van der Waals surface area contributed by atoms with Gasteiger partial charge in [0.2, 0.25) is 5.88 Å². The molecule has 0 bridgehead atoms. The van der Waals surface area contributed by atoms with Crippen molar-refractivity contribution in [3.63, 3.8) is 0 Å². The lowest BCUT2D eigenvalue weighted by Crippen LogP contribution is -2.43. The molecule has 0 amide bonds. The summed E-state index contributed by atoms with van der Waals surface area (Å²) in [7, 11) is 1.48. The van der Waals surface area contributed by atoms with Crippen molar-refractivity contribution in [2.45, 2.75) is 56.3 Å². The predicted molar refractivity (Wildman–Crippen MR) is 196 cm³/mol. The van der Waals surface area contributed by atoms with Gasteiger partial charge >= 0.3 is 6.01 Å². The molecule has 14 heteroatoms. The molecular formula is C40H38F3N7O4. The Labute approximate surface area is 309 Å². The van der Waals surface area contributed by atoms with Gasteiger partial charge in [-0.25, -0.2) is 23.1 Å². The minimum atomic E-state index is -0.959. The van der Waals surface area contributed by atoms with Crippen molar-refractivity contribution in [1.29, 1.82) is 0 Å². The average Bonchev–Trinajstić information content (AvgIpc) is 3.64. The molecule has 11 nitrogen and oxygen atoms in total. The molecule has 3 aromatic heterocycles. The molecule has 5 aromatic rings. The lowest BCUT2D eigenvalue weighted by molar-refractivity contribution is 0.0512. The van der Waals surface area contributed by atoms with Crippen molar-refractivity contribution in [3.05, 3.63) is 64.9 Å². The van der Waals surface area contributed by atoms with Crippen LogP contribution < -0.4 is 24.8 Å². The zero-order chi connectivity index (χ0) is 37.1. The Kier molecular flexibility index (Phi) is 8.58. The molecular weight excluding hydrogens is 699 g/mol. The number of pyridine rings is 2. The van der Waals surface area contributed by atoms with Crippen LogP contribution in [0.2, 0.25) is 0 Å². The number of nitrogens with two attached hydrogens (primary N) is 1. The molecule has 0 saturated carbocycles. The predicted octanol–water partition coefficient (Wildman–Crippen LogP) is 6.30. The number of alkyl halides is 1. The first-order valence-corrected chi connectivity index (χ1v) is 18.2. The van der Waals surface area contributed by atoms with Gasteiger partial charge in [0.05, 0.1) is 23.7 Å². The molecule has 0 radical (unpaired) electrons. The van der Waals surface area contributed by atoms with E-state index >= 15 is 8.78 Å². The number of halogens is 3. The molecule has 0 spiro atoms. The third-order valence-electron chi connectivity index (χ3n) is 11.3. The fourth-order valence-corrected chi connectivity index (χ4v) is 8.98. The Morgan fingerprint density at radius 1 is 1.09 bits per heavy atom. The summed E-state index contributed by atoms with van der Waals surface area (Å²) in [4.78, 5) is 23.0. The minimum absolute atomic E-state index is 0.0577. The summed E-state index contributed by atoms with van der Waals surface area (Å²) in [6.45, 7) is 1.71. The van der Waals surface area contributed by atoms with E-state index in [0.29, 0.717) is 42.3 Å². The van der Waals surface area contributed by atoms with E-state index < -0.39 is 23.3 Å². The summed E-state index contributed by atoms with van der Waals surface area (Å²) in [6.07, 6.45) is 11.1. The minimum Gasteiger partial charge on any atom is -0.475 e. The van der Waals surface area contributed by atoms with Gasteiger partial charge in [-0.3, -0.25) is 4.90 Å². The number of aromatic nitrogens is 4. The maximum Gasteiger partial charge on any atom is 0.319 e. The molecule has 6 heterocycles. The van der Waals surface area contributed by atoms with Crippen LogP contribution in [-0.2, 0) is 11.2 Å². The van der Waals surface area contributed by atoms with E-state index in [2.05, 4.69) is 25.7 Å². The molecule has 3 atom stereocenters. The monoisotopic (exact) mass is 737 g/mol. The highest BCUT2D eigenvalue weighted by Crippen LogP contribution is 2.47. The summed E-state index contributed by atoms with van der Waals surface area (Å²) in [5, 5.41) is 1.02. The Morgan fingerprint density at radius 2 is 1.98 bits per heavy atom. The second-order valence-corrected chi connectivity index (χ2v) is 14.4. The SMILES string of the molecule is C#Cc1c(F)ccc2cc(OCOC)cc(-c3nc4c5c(nc(OC[C@@]67CCCN6C[C@H](F)C7)nc5c3F)N(C3CCCc5ccnc(N)c53)CCO4)c12. The molecule has 278 valence electrons. The van der Waals surface area contributed by atoms with Gasteiger partial charge in [-0.15, -0.1) is 6.42 Å². The lowest BCUT2D eigenvalue weighted by atomic mass is 9.87. The van der Waals surface area contributed by atoms with Crippen LogP contribution in [-0.4, -0.2) is 83.3 Å². The number of fused-ring (bicyclic) bond motifs is 3. The van der Waals surface area contributed by atoms with Gasteiger partial charge in [-0.05, 0) is 73.9 Å². The van der Waals surface area contributed by atoms with E-state index in [9.17, 15) is 4.39 Å². The first-order chi connectivity index (χ1) is 26.3. The number of nitrogen functional groups attached to an aromatic ring is 1. The van der Waals surface area contributed by atoms with Crippen LogP contribution in [0.25, 0.3) is 32.9 Å². The standard InChI is InChI=1S/C40H38F3N7O4/c1-3-26-28(42)9-8-23-16-25(54-21-51-2)17-27(30(23)26)34-33(43)35-32-37(48-39(47-35)53-20-40-11-5-13-49(40)19-24(41)18-40)50(14-15-52-38(32)46-34)29-7-4-6-22-10-12-45-36(44)31(22)29/h1,8-10,12,16-17,24,29H,4-7,11,13-15,18-21H2,2H3,(H2,44,45)/t24-,29?,40+/m1/s1. The summed E-state index contributed by atoms with van der Waals surface area (Å²) < 4.78 is 71.1. The highest BCUT2D eigenvalue weighted by atomic mass is 19.1. The number of nitrogens with zero attached hydrogens (tertiary/aromatic N) is 6. The Hall–Kier alpha value is -5.39. The number of rotatable bonds is 8. The Morgan fingerprint density at radius 3 is 2.83 bits per heavy atom. The van der Waals surface area contributed by atoms with E-state index in [-0.39, 0.29) is 71.0 Å². The third-order valence-corrected chi connectivity index (χ3v) is 11.3. The fourth-order valence-electron chi connectivity index (χ4n) is 8.98. The van der Waals surface area contributed by atoms with E-state index in [1.165, 1.54) is 13.2 Å². The molecule has 1 unspecified atom stereocenters. The van der Waals surface area contributed by atoms with Gasteiger partial charge in [-0.1, -0.05) is 12.0 Å². The molecule has 1 aliphatic carbocycles.